The number of benzene rings is 3. The van der Waals surface area contributed by atoms with E-state index in [4.69, 9.17) is 4.74 Å². The van der Waals surface area contributed by atoms with Crippen molar-refractivity contribution in [2.45, 2.75) is 19.9 Å². The lowest BCUT2D eigenvalue weighted by atomic mass is 9.92. The minimum absolute atomic E-state index is 0.0766. The largest absolute Gasteiger partial charge is 0.507 e. The van der Waals surface area contributed by atoms with Gasteiger partial charge in [0.25, 0.3) is 11.7 Å². The molecular weight excluding hydrogens is 390 g/mol. The molecule has 1 unspecified atom stereocenters. The maximum Gasteiger partial charge on any atom is 0.300 e. The lowest BCUT2D eigenvalue weighted by Crippen LogP contribution is -2.30. The molecule has 5 heteroatoms. The Morgan fingerprint density at radius 3 is 2.10 bits per heavy atom. The quantitative estimate of drug-likeness (QED) is 0.374. The van der Waals surface area contributed by atoms with Crippen LogP contribution in [0.15, 0.2) is 78.4 Å². The number of Topliss-reactive ketones (excluding diaryl/α,β-unsaturated/α-hetero) is 1. The molecule has 0 spiro atoms. The molecule has 0 aliphatic carbocycles. The second-order valence-electron chi connectivity index (χ2n) is 7.54. The second-order valence-corrected chi connectivity index (χ2v) is 7.54. The molecule has 1 saturated heterocycles. The number of amides is 1. The Bertz CT molecular complexity index is 1190. The molecule has 1 N–H and O–H groups in total. The fourth-order valence-electron chi connectivity index (χ4n) is 4.01. The molecule has 1 aliphatic heterocycles. The van der Waals surface area contributed by atoms with E-state index >= 15 is 0 Å². The Morgan fingerprint density at radius 2 is 1.48 bits per heavy atom. The zero-order valence-electron chi connectivity index (χ0n) is 17.6. The molecule has 0 radical (unpaired) electrons. The summed E-state index contributed by atoms with van der Waals surface area (Å²) in [5, 5.41) is 11.2. The molecule has 1 aliphatic rings. The van der Waals surface area contributed by atoms with Gasteiger partial charge in [0.15, 0.2) is 0 Å². The highest BCUT2D eigenvalue weighted by atomic mass is 16.5. The van der Waals surface area contributed by atoms with Gasteiger partial charge >= 0.3 is 0 Å². The number of aliphatic hydroxyl groups excluding tert-OH is 1. The molecule has 31 heavy (non-hydrogen) atoms. The van der Waals surface area contributed by atoms with Gasteiger partial charge in [0, 0.05) is 11.3 Å². The molecule has 1 fully saturated rings. The smallest absolute Gasteiger partial charge is 0.300 e. The molecule has 1 amide bonds. The first-order valence-electron chi connectivity index (χ1n) is 10.0. The van der Waals surface area contributed by atoms with Crippen LogP contribution in [0.5, 0.6) is 5.75 Å². The van der Waals surface area contributed by atoms with E-state index in [-0.39, 0.29) is 11.3 Å². The number of rotatable bonds is 4. The van der Waals surface area contributed by atoms with Crippen LogP contribution in [0, 0.1) is 13.8 Å². The highest BCUT2D eigenvalue weighted by Gasteiger charge is 2.47. The molecule has 0 saturated carbocycles. The van der Waals surface area contributed by atoms with Gasteiger partial charge < -0.3 is 9.84 Å². The van der Waals surface area contributed by atoms with Crippen molar-refractivity contribution in [3.05, 3.63) is 101 Å². The van der Waals surface area contributed by atoms with Gasteiger partial charge in [0.05, 0.1) is 18.7 Å². The molecule has 1 heterocycles. The second kappa shape index (κ2) is 8.11. The van der Waals surface area contributed by atoms with E-state index in [2.05, 4.69) is 0 Å². The first kappa shape index (κ1) is 20.4. The summed E-state index contributed by atoms with van der Waals surface area (Å²) in [6.45, 7) is 3.83. The fourth-order valence-corrected chi connectivity index (χ4v) is 4.01. The number of hydrogen-bond acceptors (Lipinski definition) is 4. The number of anilines is 1. The molecule has 1 atom stereocenters. The van der Waals surface area contributed by atoms with Crippen LogP contribution < -0.4 is 9.64 Å². The molecule has 5 nitrogen and oxygen atoms in total. The predicted octanol–water partition coefficient (Wildman–Crippen LogP) is 4.94. The summed E-state index contributed by atoms with van der Waals surface area (Å²) in [7, 11) is 1.56. The molecule has 0 aromatic heterocycles. The molecule has 156 valence electrons. The lowest BCUT2D eigenvalue weighted by molar-refractivity contribution is -0.132. The number of carbonyl (C=O) groups excluding carboxylic acids is 2. The molecule has 4 rings (SSSR count). The third-order valence-corrected chi connectivity index (χ3v) is 5.67. The van der Waals surface area contributed by atoms with Gasteiger partial charge in [-0.2, -0.15) is 0 Å². The fraction of sp³-hybridized carbons (Fsp3) is 0.154. The van der Waals surface area contributed by atoms with Crippen molar-refractivity contribution in [1.82, 2.24) is 0 Å². The van der Waals surface area contributed by atoms with Crippen LogP contribution in [0.25, 0.3) is 5.76 Å². The van der Waals surface area contributed by atoms with E-state index in [0.717, 1.165) is 16.7 Å². The van der Waals surface area contributed by atoms with Crippen LogP contribution in [0.4, 0.5) is 5.69 Å². The van der Waals surface area contributed by atoms with E-state index in [0.29, 0.717) is 17.0 Å². The Labute approximate surface area is 181 Å². The van der Waals surface area contributed by atoms with Gasteiger partial charge in [-0.1, -0.05) is 42.5 Å². The normalized spacial score (nSPS) is 17.8. The number of methoxy groups -OCH3 is 1. The number of aryl methyl sites for hydroxylation is 2. The summed E-state index contributed by atoms with van der Waals surface area (Å²) in [4.78, 5) is 27.9. The Morgan fingerprint density at radius 1 is 0.871 bits per heavy atom. The minimum atomic E-state index is -0.732. The Kier molecular flexibility index (Phi) is 5.34. The Balaban J connectivity index is 1.97. The lowest BCUT2D eigenvalue weighted by Gasteiger charge is -2.27. The van der Waals surface area contributed by atoms with E-state index in [9.17, 15) is 14.7 Å². The number of para-hydroxylation sites is 1. The van der Waals surface area contributed by atoms with Crippen LogP contribution in [0.1, 0.15) is 28.3 Å². The predicted molar refractivity (Wildman–Crippen MR) is 120 cm³/mol. The van der Waals surface area contributed by atoms with Gasteiger partial charge in [0.2, 0.25) is 0 Å². The number of ketones is 1. The highest BCUT2D eigenvalue weighted by Crippen LogP contribution is 2.43. The number of hydrogen-bond donors (Lipinski definition) is 1. The van der Waals surface area contributed by atoms with Crippen LogP contribution in [0.3, 0.4) is 0 Å². The zero-order valence-corrected chi connectivity index (χ0v) is 17.6. The summed E-state index contributed by atoms with van der Waals surface area (Å²) < 4.78 is 5.18. The summed E-state index contributed by atoms with van der Waals surface area (Å²) in [5.41, 5.74) is 3.75. The number of nitrogens with zero attached hydrogens (tertiary/aromatic N) is 1. The van der Waals surface area contributed by atoms with E-state index in [1.807, 2.05) is 62.4 Å². The minimum Gasteiger partial charge on any atom is -0.507 e. The average Bonchev–Trinajstić information content (AvgIpc) is 3.04. The van der Waals surface area contributed by atoms with Crippen molar-refractivity contribution in [1.29, 1.82) is 0 Å². The topological polar surface area (TPSA) is 66.8 Å². The van der Waals surface area contributed by atoms with Crippen LogP contribution in [0.2, 0.25) is 0 Å². The number of carbonyl (C=O) groups is 2. The van der Waals surface area contributed by atoms with Crippen molar-refractivity contribution in [2.24, 2.45) is 0 Å². The van der Waals surface area contributed by atoms with Crippen LogP contribution in [-0.2, 0) is 9.59 Å². The molecule has 0 bridgehead atoms. The first-order valence-corrected chi connectivity index (χ1v) is 10.0. The van der Waals surface area contributed by atoms with Crippen LogP contribution in [-0.4, -0.2) is 23.9 Å². The van der Waals surface area contributed by atoms with Crippen molar-refractivity contribution in [3.63, 3.8) is 0 Å². The highest BCUT2D eigenvalue weighted by molar-refractivity contribution is 6.51. The van der Waals surface area contributed by atoms with Gasteiger partial charge in [-0.25, -0.2) is 0 Å². The summed E-state index contributed by atoms with van der Waals surface area (Å²) >= 11 is 0. The van der Waals surface area contributed by atoms with Gasteiger partial charge in [-0.05, 0) is 60.9 Å². The van der Waals surface area contributed by atoms with Crippen molar-refractivity contribution >= 4 is 23.1 Å². The maximum atomic E-state index is 13.2. The number of ether oxygens (including phenoxy) is 1. The third kappa shape index (κ3) is 3.48. The molecule has 3 aromatic carbocycles. The maximum absolute atomic E-state index is 13.2. The van der Waals surface area contributed by atoms with Gasteiger partial charge in [0.1, 0.15) is 11.5 Å². The third-order valence-electron chi connectivity index (χ3n) is 5.67. The van der Waals surface area contributed by atoms with E-state index < -0.39 is 17.7 Å². The van der Waals surface area contributed by atoms with E-state index in [1.165, 1.54) is 4.90 Å². The van der Waals surface area contributed by atoms with Crippen molar-refractivity contribution in [3.8, 4) is 5.75 Å². The summed E-state index contributed by atoms with van der Waals surface area (Å²) in [6, 6.07) is 21.0. The first-order chi connectivity index (χ1) is 14.9. The molecular formula is C26H23NO4. The molecule has 3 aromatic rings. The average molecular weight is 413 g/mol. The van der Waals surface area contributed by atoms with Gasteiger partial charge in [-0.3, -0.25) is 14.5 Å². The number of aliphatic hydroxyl groups is 1. The van der Waals surface area contributed by atoms with Crippen molar-refractivity contribution in [2.75, 3.05) is 12.0 Å². The zero-order chi connectivity index (χ0) is 22.1. The van der Waals surface area contributed by atoms with Crippen LogP contribution >= 0.6 is 0 Å². The van der Waals surface area contributed by atoms with Gasteiger partial charge in [-0.15, -0.1) is 0 Å². The summed E-state index contributed by atoms with van der Waals surface area (Å²) in [6.07, 6.45) is 0. The van der Waals surface area contributed by atoms with Crippen molar-refractivity contribution < 1.29 is 19.4 Å². The SMILES string of the molecule is COc1ccc(/C(O)=C2\C(=O)C(=O)N(c3ccccc3C)C2c2ccccc2C)cc1. The Hall–Kier alpha value is -3.86. The monoisotopic (exact) mass is 413 g/mol. The standard InChI is InChI=1S/C26H23NO4/c1-16-8-4-6-10-20(16)23-22(24(28)18-12-14-19(31-3)15-13-18)25(29)26(30)27(23)21-11-7-5-9-17(21)2/h4-15,23,28H,1-3H3/b24-22+. The summed E-state index contributed by atoms with van der Waals surface area (Å²) in [5.74, 6) is -0.930. The van der Waals surface area contributed by atoms with E-state index in [1.54, 1.807) is 31.4 Å².